The number of aliphatic hydroxyl groups excluding tert-OH is 1. The molecule has 6 heteroatoms. The van der Waals surface area contributed by atoms with Crippen molar-refractivity contribution in [2.24, 2.45) is 0 Å². The highest BCUT2D eigenvalue weighted by Crippen LogP contribution is 2.14. The molecule has 2 N–H and O–H groups in total. The van der Waals surface area contributed by atoms with Crippen molar-refractivity contribution in [3.63, 3.8) is 0 Å². The van der Waals surface area contributed by atoms with Crippen molar-refractivity contribution < 1.29 is 9.90 Å². The van der Waals surface area contributed by atoms with Gasteiger partial charge in [-0.25, -0.2) is 9.97 Å². The van der Waals surface area contributed by atoms with E-state index in [0.717, 1.165) is 5.56 Å². The van der Waals surface area contributed by atoms with Crippen LogP contribution in [0.3, 0.4) is 0 Å². The van der Waals surface area contributed by atoms with Crippen molar-refractivity contribution in [1.29, 1.82) is 0 Å². The van der Waals surface area contributed by atoms with Crippen molar-refractivity contribution in [3.8, 4) is 11.8 Å². The van der Waals surface area contributed by atoms with Crippen LogP contribution in [0.4, 0.5) is 5.82 Å². The number of aliphatic hydroxyl groups is 1. The molecule has 0 bridgehead atoms. The predicted octanol–water partition coefficient (Wildman–Crippen LogP) is 1.83. The number of anilines is 1. The highest BCUT2D eigenvalue weighted by molar-refractivity contribution is 7.12. The summed E-state index contributed by atoms with van der Waals surface area (Å²) in [6.07, 6.45) is 2.00. The van der Waals surface area contributed by atoms with E-state index in [2.05, 4.69) is 27.1 Å². The number of thiazole rings is 1. The number of hydrogen-bond acceptors (Lipinski definition) is 5. The molecule has 2 heterocycles. The molecule has 1 amide bonds. The van der Waals surface area contributed by atoms with Gasteiger partial charge in [-0.2, -0.15) is 0 Å². The maximum atomic E-state index is 12.0. The predicted molar refractivity (Wildman–Crippen MR) is 77.6 cm³/mol. The summed E-state index contributed by atoms with van der Waals surface area (Å²) in [5.41, 5.74) is 3.07. The smallest absolute Gasteiger partial charge is 0.268 e. The molecule has 102 valence electrons. The Kier molecular flexibility index (Phi) is 4.82. The van der Waals surface area contributed by atoms with Crippen molar-refractivity contribution >= 4 is 23.1 Å². The lowest BCUT2D eigenvalue weighted by molar-refractivity contribution is 0.102. The molecular weight excluding hydrogens is 274 g/mol. The fourth-order valence-electron chi connectivity index (χ4n) is 1.49. The molecule has 0 aliphatic rings. The molecule has 0 atom stereocenters. The van der Waals surface area contributed by atoms with Gasteiger partial charge in [0.1, 0.15) is 10.7 Å². The van der Waals surface area contributed by atoms with E-state index in [1.165, 1.54) is 11.3 Å². The molecule has 5 nitrogen and oxygen atoms in total. The number of aromatic nitrogens is 2. The molecule has 0 unspecified atom stereocenters. The Morgan fingerprint density at radius 1 is 1.50 bits per heavy atom. The summed E-state index contributed by atoms with van der Waals surface area (Å²) in [4.78, 5) is 20.7. The van der Waals surface area contributed by atoms with Gasteiger partial charge < -0.3 is 10.4 Å². The van der Waals surface area contributed by atoms with E-state index in [1.54, 1.807) is 30.8 Å². The Morgan fingerprint density at radius 3 is 3.05 bits per heavy atom. The first kappa shape index (κ1) is 14.2. The average molecular weight is 287 g/mol. The Labute approximate surface area is 120 Å². The lowest BCUT2D eigenvalue weighted by Crippen LogP contribution is -2.12. The van der Waals surface area contributed by atoms with Crippen LogP contribution in [0.25, 0.3) is 0 Å². The van der Waals surface area contributed by atoms with E-state index < -0.39 is 0 Å². The molecule has 0 radical (unpaired) electrons. The fraction of sp³-hybridized carbons (Fsp3) is 0.214. The van der Waals surface area contributed by atoms with Gasteiger partial charge in [0.25, 0.3) is 5.91 Å². The third-order valence-electron chi connectivity index (χ3n) is 2.42. The second kappa shape index (κ2) is 6.80. The van der Waals surface area contributed by atoms with E-state index in [-0.39, 0.29) is 12.5 Å². The number of carbonyl (C=O) groups excluding carboxylic acids is 1. The first-order valence-corrected chi connectivity index (χ1v) is 6.86. The number of carbonyl (C=O) groups is 1. The van der Waals surface area contributed by atoms with Crippen molar-refractivity contribution in [2.45, 2.75) is 13.3 Å². The summed E-state index contributed by atoms with van der Waals surface area (Å²) in [7, 11) is 0. The van der Waals surface area contributed by atoms with Gasteiger partial charge in [-0.3, -0.25) is 4.79 Å². The summed E-state index contributed by atoms with van der Waals surface area (Å²) in [5.74, 6) is 5.93. The minimum atomic E-state index is -0.224. The molecule has 0 aliphatic carbocycles. The Hall–Kier alpha value is -2.23. The van der Waals surface area contributed by atoms with Crippen LogP contribution in [-0.4, -0.2) is 27.6 Å². The Morgan fingerprint density at radius 2 is 2.35 bits per heavy atom. The second-order valence-corrected chi connectivity index (χ2v) is 4.78. The minimum absolute atomic E-state index is 0.0341. The zero-order chi connectivity index (χ0) is 14.4. The number of nitrogens with zero attached hydrogens (tertiary/aromatic N) is 2. The third kappa shape index (κ3) is 3.63. The van der Waals surface area contributed by atoms with E-state index in [9.17, 15) is 4.79 Å². The lowest BCUT2D eigenvalue weighted by atomic mass is 10.2. The summed E-state index contributed by atoms with van der Waals surface area (Å²) >= 11 is 1.29. The largest absolute Gasteiger partial charge is 0.395 e. The summed E-state index contributed by atoms with van der Waals surface area (Å²) in [6, 6.07) is 3.44. The lowest BCUT2D eigenvalue weighted by Gasteiger charge is -2.03. The summed E-state index contributed by atoms with van der Waals surface area (Å²) in [5, 5.41) is 11.4. The summed E-state index contributed by atoms with van der Waals surface area (Å²) in [6.45, 7) is 1.82. The average Bonchev–Trinajstić information content (AvgIpc) is 2.86. The van der Waals surface area contributed by atoms with Crippen molar-refractivity contribution in [1.82, 2.24) is 9.97 Å². The van der Waals surface area contributed by atoms with Crippen LogP contribution in [0.5, 0.6) is 0 Å². The molecular formula is C14H13N3O2S. The van der Waals surface area contributed by atoms with Crippen molar-refractivity contribution in [3.05, 3.63) is 40.0 Å². The number of nitrogens with one attached hydrogen (secondary N) is 1. The number of rotatable bonds is 3. The van der Waals surface area contributed by atoms with Crippen LogP contribution in [-0.2, 0) is 0 Å². The number of hydrogen-bond donors (Lipinski definition) is 2. The van der Waals surface area contributed by atoms with Gasteiger partial charge >= 0.3 is 0 Å². The van der Waals surface area contributed by atoms with Gasteiger partial charge in [-0.1, -0.05) is 11.8 Å². The van der Waals surface area contributed by atoms with Gasteiger partial charge in [0.2, 0.25) is 0 Å². The normalized spacial score (nSPS) is 9.70. The van der Waals surface area contributed by atoms with Gasteiger partial charge in [-0.15, -0.1) is 11.3 Å². The molecule has 0 spiro atoms. The SMILES string of the molecule is Cc1ncsc1C(=O)Nc1cc(C#CCCO)ccn1. The Balaban J connectivity index is 2.11. The van der Waals surface area contributed by atoms with E-state index in [0.29, 0.717) is 22.8 Å². The van der Waals surface area contributed by atoms with Crippen LogP contribution in [0.1, 0.15) is 27.3 Å². The molecule has 0 fully saturated rings. The maximum absolute atomic E-state index is 12.0. The summed E-state index contributed by atoms with van der Waals surface area (Å²) < 4.78 is 0. The van der Waals surface area contributed by atoms with Crippen LogP contribution in [0, 0.1) is 18.8 Å². The van der Waals surface area contributed by atoms with Gasteiger partial charge in [-0.05, 0) is 19.1 Å². The van der Waals surface area contributed by atoms with Crippen LogP contribution >= 0.6 is 11.3 Å². The molecule has 0 saturated heterocycles. The standard InChI is InChI=1S/C14H13N3O2S/c1-10-13(20-9-16-10)14(19)17-12-8-11(5-6-15-12)4-2-3-7-18/h5-6,8-9,18H,3,7H2,1H3,(H,15,17,19). The quantitative estimate of drug-likeness (QED) is 0.845. The first-order chi connectivity index (χ1) is 9.70. The zero-order valence-electron chi connectivity index (χ0n) is 10.9. The van der Waals surface area contributed by atoms with Crippen molar-refractivity contribution in [2.75, 3.05) is 11.9 Å². The third-order valence-corrected chi connectivity index (χ3v) is 3.35. The topological polar surface area (TPSA) is 75.1 Å². The molecule has 0 aromatic carbocycles. The molecule has 2 aromatic heterocycles. The Bertz CT molecular complexity index is 670. The number of aryl methyl sites for hydroxylation is 1. The minimum Gasteiger partial charge on any atom is -0.395 e. The van der Waals surface area contributed by atoms with E-state index in [1.807, 2.05) is 0 Å². The molecule has 2 aromatic rings. The molecule has 0 aliphatic heterocycles. The molecule has 2 rings (SSSR count). The van der Waals surface area contributed by atoms with E-state index in [4.69, 9.17) is 5.11 Å². The van der Waals surface area contributed by atoms with Gasteiger partial charge in [0, 0.05) is 18.2 Å². The zero-order valence-corrected chi connectivity index (χ0v) is 11.7. The van der Waals surface area contributed by atoms with E-state index >= 15 is 0 Å². The van der Waals surface area contributed by atoms with Gasteiger partial charge in [0.15, 0.2) is 0 Å². The first-order valence-electron chi connectivity index (χ1n) is 5.98. The fourth-order valence-corrected chi connectivity index (χ4v) is 2.19. The molecule has 20 heavy (non-hydrogen) atoms. The monoisotopic (exact) mass is 287 g/mol. The molecule has 0 saturated carbocycles. The van der Waals surface area contributed by atoms with Gasteiger partial charge in [0.05, 0.1) is 17.8 Å². The highest BCUT2D eigenvalue weighted by Gasteiger charge is 2.12. The number of amides is 1. The van der Waals surface area contributed by atoms with Crippen LogP contribution in [0.2, 0.25) is 0 Å². The highest BCUT2D eigenvalue weighted by atomic mass is 32.1. The van der Waals surface area contributed by atoms with Crippen LogP contribution < -0.4 is 5.32 Å². The second-order valence-electron chi connectivity index (χ2n) is 3.93. The van der Waals surface area contributed by atoms with Crippen LogP contribution in [0.15, 0.2) is 23.8 Å². The maximum Gasteiger partial charge on any atom is 0.268 e. The number of pyridine rings is 1.